The fourth-order valence-corrected chi connectivity index (χ4v) is 3.56. The Kier molecular flexibility index (Phi) is 7.15. The Bertz CT molecular complexity index is 1230. The molecule has 0 saturated heterocycles. The van der Waals surface area contributed by atoms with Crippen molar-refractivity contribution in [2.75, 3.05) is 36.2 Å². The van der Waals surface area contributed by atoms with Gasteiger partial charge < -0.3 is 20.3 Å². The Morgan fingerprint density at radius 3 is 2.61 bits per heavy atom. The highest BCUT2D eigenvalue weighted by atomic mass is 19.4. The van der Waals surface area contributed by atoms with Crippen molar-refractivity contribution in [2.24, 2.45) is 7.05 Å². The van der Waals surface area contributed by atoms with E-state index in [1.807, 2.05) is 0 Å². The van der Waals surface area contributed by atoms with Crippen LogP contribution in [0.3, 0.4) is 0 Å². The van der Waals surface area contributed by atoms with Crippen LogP contribution in [0.5, 0.6) is 0 Å². The van der Waals surface area contributed by atoms with Crippen LogP contribution in [0.15, 0.2) is 18.5 Å². The summed E-state index contributed by atoms with van der Waals surface area (Å²) in [6.45, 7) is 2.51. The molecule has 2 N–H and O–H groups in total. The van der Waals surface area contributed by atoms with Crippen molar-refractivity contribution >= 4 is 23.4 Å². The summed E-state index contributed by atoms with van der Waals surface area (Å²) in [6, 6.07) is 1.01. The van der Waals surface area contributed by atoms with Crippen molar-refractivity contribution in [1.29, 1.82) is 0 Å². The molecule has 3 aromatic rings. The first-order valence-electron chi connectivity index (χ1n) is 11.3. The Hall–Kier alpha value is -3.68. The largest absolute Gasteiger partial charge is 0.435 e. The number of likely N-dealkylation sites (N-methyl/N-ethyl adjacent to an activating group) is 1. The molecule has 0 radical (unpaired) electrons. The van der Waals surface area contributed by atoms with Crippen molar-refractivity contribution in [3.05, 3.63) is 41.1 Å². The average Bonchev–Trinajstić information content (AvgIpc) is 3.43. The molecule has 0 atom stereocenters. The van der Waals surface area contributed by atoms with Crippen molar-refractivity contribution < 1.29 is 22.7 Å². The second-order valence-corrected chi connectivity index (χ2v) is 8.71. The van der Waals surface area contributed by atoms with Crippen LogP contribution in [0.25, 0.3) is 0 Å². The highest BCUT2D eigenvalue weighted by molar-refractivity contribution is 6.00. The van der Waals surface area contributed by atoms with Crippen LogP contribution in [0.2, 0.25) is 0 Å². The average molecular weight is 508 g/mol. The molecule has 11 nitrogen and oxygen atoms in total. The molecular formula is C22H28F3N9O2. The molecule has 1 aliphatic carbocycles. The van der Waals surface area contributed by atoms with Crippen LogP contribution < -0.4 is 15.5 Å². The van der Waals surface area contributed by atoms with E-state index in [9.17, 15) is 18.0 Å². The topological polar surface area (TPSA) is 115 Å². The van der Waals surface area contributed by atoms with E-state index in [-0.39, 0.29) is 19.0 Å². The lowest BCUT2D eigenvalue weighted by atomic mass is 10.2. The maximum atomic E-state index is 12.8. The van der Waals surface area contributed by atoms with Gasteiger partial charge in [0.15, 0.2) is 11.5 Å². The molecule has 14 heteroatoms. The molecule has 0 unspecified atom stereocenters. The molecule has 0 bridgehead atoms. The highest BCUT2D eigenvalue weighted by Gasteiger charge is 2.34. The van der Waals surface area contributed by atoms with Crippen LogP contribution in [-0.2, 0) is 35.8 Å². The number of alkyl halides is 3. The van der Waals surface area contributed by atoms with Crippen LogP contribution in [0.1, 0.15) is 35.5 Å². The van der Waals surface area contributed by atoms with E-state index >= 15 is 0 Å². The van der Waals surface area contributed by atoms with Crippen LogP contribution in [0, 0.1) is 6.92 Å². The lowest BCUT2D eigenvalue weighted by Crippen LogP contribution is -2.36. The van der Waals surface area contributed by atoms with E-state index in [4.69, 9.17) is 4.74 Å². The van der Waals surface area contributed by atoms with Gasteiger partial charge in [0.2, 0.25) is 11.9 Å². The normalized spacial score (nSPS) is 15.2. The molecule has 1 fully saturated rings. The van der Waals surface area contributed by atoms with Crippen molar-refractivity contribution in [1.82, 2.24) is 29.5 Å². The van der Waals surface area contributed by atoms with Gasteiger partial charge >= 0.3 is 6.18 Å². The maximum Gasteiger partial charge on any atom is 0.435 e. The van der Waals surface area contributed by atoms with Gasteiger partial charge in [-0.3, -0.25) is 14.2 Å². The molecule has 0 aromatic carbocycles. The van der Waals surface area contributed by atoms with Gasteiger partial charge in [-0.2, -0.15) is 28.4 Å². The molecule has 1 aliphatic heterocycles. The summed E-state index contributed by atoms with van der Waals surface area (Å²) >= 11 is 0. The molecule has 194 valence electrons. The predicted molar refractivity (Wildman–Crippen MR) is 126 cm³/mol. The quantitative estimate of drug-likeness (QED) is 0.523. The first-order chi connectivity index (χ1) is 17.0. The first kappa shape index (κ1) is 25.4. The predicted octanol–water partition coefficient (Wildman–Crippen LogP) is 2.58. The number of aromatic nitrogens is 6. The number of aryl methyl sites for hydroxylation is 2. The zero-order valence-electron chi connectivity index (χ0n) is 20.4. The highest BCUT2D eigenvalue weighted by Crippen LogP contribution is 2.30. The van der Waals surface area contributed by atoms with Gasteiger partial charge in [-0.05, 0) is 25.8 Å². The van der Waals surface area contributed by atoms with E-state index in [1.165, 1.54) is 29.3 Å². The zero-order valence-corrected chi connectivity index (χ0v) is 20.4. The molecule has 3 aromatic heterocycles. The number of carbonyl (C=O) groups is 1. The number of nitrogens with one attached hydrogen (secondary N) is 2. The fourth-order valence-electron chi connectivity index (χ4n) is 3.56. The molecule has 1 saturated carbocycles. The molecule has 1 amide bonds. The lowest BCUT2D eigenvalue weighted by molar-refractivity contribution is -0.141. The number of halogens is 3. The third-order valence-electron chi connectivity index (χ3n) is 5.66. The van der Waals surface area contributed by atoms with Gasteiger partial charge in [-0.15, -0.1) is 0 Å². The van der Waals surface area contributed by atoms with E-state index in [2.05, 4.69) is 30.8 Å². The molecule has 36 heavy (non-hydrogen) atoms. The number of anilines is 3. The first-order valence-corrected chi connectivity index (χ1v) is 11.3. The van der Waals surface area contributed by atoms with E-state index < -0.39 is 11.9 Å². The Balaban J connectivity index is 0.000000543. The second-order valence-electron chi connectivity index (χ2n) is 8.71. The number of nitrogens with zero attached hydrogens (tertiary/aromatic N) is 7. The fraction of sp³-hybridized carbons (Fsp3) is 0.500. The minimum absolute atomic E-state index is 0.120. The standard InChI is InChI=1S/C18H20F3N9O.C4H8O/c1-10-15-16(28(2)9-14(31)25-15)26-17(24-10)22-5-11-6-23-30(7-11)8-12-4-13(18(19,20)21)27-29(12)3;1-5-4-2-3-4/h4,6-7H,5,8-9H2,1-3H3,(H,25,31)(H,22,24,26);4H,2-3H2,1H3. The van der Waals surface area contributed by atoms with E-state index in [0.717, 1.165) is 11.6 Å². The zero-order chi connectivity index (χ0) is 26.0. The summed E-state index contributed by atoms with van der Waals surface area (Å²) in [4.78, 5) is 22.3. The number of fused-ring (bicyclic) bond motifs is 1. The lowest BCUT2D eigenvalue weighted by Gasteiger charge is -2.27. The van der Waals surface area contributed by atoms with E-state index in [1.54, 1.807) is 38.4 Å². The number of rotatable bonds is 6. The van der Waals surface area contributed by atoms with Crippen LogP contribution in [-0.4, -0.2) is 62.2 Å². The molecule has 4 heterocycles. The molecule has 5 rings (SSSR count). The van der Waals surface area contributed by atoms with Crippen molar-refractivity contribution in [2.45, 2.75) is 45.1 Å². The number of ether oxygens (including phenoxy) is 1. The van der Waals surface area contributed by atoms with Gasteiger partial charge in [0, 0.05) is 39.5 Å². The van der Waals surface area contributed by atoms with Gasteiger partial charge in [0.1, 0.15) is 5.69 Å². The minimum atomic E-state index is -4.49. The van der Waals surface area contributed by atoms with E-state index in [0.29, 0.717) is 41.5 Å². The van der Waals surface area contributed by atoms with Gasteiger partial charge in [-0.1, -0.05) is 0 Å². The van der Waals surface area contributed by atoms with Crippen molar-refractivity contribution in [3.8, 4) is 0 Å². The number of hydrogen-bond donors (Lipinski definition) is 2. The Morgan fingerprint density at radius 2 is 2.00 bits per heavy atom. The van der Waals surface area contributed by atoms with Gasteiger partial charge in [-0.25, -0.2) is 4.98 Å². The third-order valence-corrected chi connectivity index (χ3v) is 5.66. The SMILES string of the molecule is COC1CC1.Cc1nc(NCc2cnn(Cc3cc(C(F)(F)F)nn3C)c2)nc2c1NC(=O)CN2C. The second kappa shape index (κ2) is 10.1. The summed E-state index contributed by atoms with van der Waals surface area (Å²) in [6.07, 6.45) is 2.07. The molecule has 0 spiro atoms. The van der Waals surface area contributed by atoms with Gasteiger partial charge in [0.05, 0.1) is 36.8 Å². The van der Waals surface area contributed by atoms with Gasteiger partial charge in [0.25, 0.3) is 0 Å². The van der Waals surface area contributed by atoms with Crippen molar-refractivity contribution in [3.63, 3.8) is 0 Å². The smallest absolute Gasteiger partial charge is 0.381 e. The summed E-state index contributed by atoms with van der Waals surface area (Å²) in [5, 5.41) is 13.6. The molecule has 2 aliphatic rings. The summed E-state index contributed by atoms with van der Waals surface area (Å²) in [7, 11) is 5.00. The minimum Gasteiger partial charge on any atom is -0.381 e. The molecular weight excluding hydrogens is 479 g/mol. The van der Waals surface area contributed by atoms with Crippen LogP contribution >= 0.6 is 0 Å². The third kappa shape index (κ3) is 6.11. The number of methoxy groups -OCH3 is 1. The Morgan fingerprint density at radius 1 is 1.25 bits per heavy atom. The summed E-state index contributed by atoms with van der Waals surface area (Å²) in [5.41, 5.74) is 1.49. The monoisotopic (exact) mass is 507 g/mol. The summed E-state index contributed by atoms with van der Waals surface area (Å²) in [5.74, 6) is 0.904. The maximum absolute atomic E-state index is 12.8. The Labute approximate surface area is 205 Å². The number of carbonyl (C=O) groups excluding carboxylic acids is 1. The number of amides is 1. The number of hydrogen-bond acceptors (Lipinski definition) is 8. The van der Waals surface area contributed by atoms with Crippen LogP contribution in [0.4, 0.5) is 30.6 Å². The summed E-state index contributed by atoms with van der Waals surface area (Å²) < 4.78 is 46.1.